The maximum atomic E-state index is 13.4. The predicted octanol–water partition coefficient (Wildman–Crippen LogP) is 4.13. The third-order valence-corrected chi connectivity index (χ3v) is 8.20. The number of fused-ring (bicyclic) bond motifs is 1. The average Bonchev–Trinajstić information content (AvgIpc) is 3.55. The van der Waals surface area contributed by atoms with Crippen LogP contribution in [0.2, 0.25) is 0 Å². The SMILES string of the molecule is Cc1c(-c2cc(O[C@H](C)c3ccc(F)cn3)c3c(C#N)cnn3c2)cnn1C1CCN(C(=O)C2(O)CCC2)CC1. The number of carbonyl (C=O) groups is 1. The third kappa shape index (κ3) is 4.48. The summed E-state index contributed by atoms with van der Waals surface area (Å²) >= 11 is 0. The lowest BCUT2D eigenvalue weighted by Crippen LogP contribution is -2.55. The third-order valence-electron chi connectivity index (χ3n) is 8.20. The molecule has 1 atom stereocenters. The number of likely N-dealkylation sites (tertiary alicyclic amines) is 1. The van der Waals surface area contributed by atoms with Gasteiger partial charge in [0, 0.05) is 36.1 Å². The lowest BCUT2D eigenvalue weighted by atomic mass is 9.79. The first kappa shape index (κ1) is 26.0. The van der Waals surface area contributed by atoms with Crippen LogP contribution >= 0.6 is 0 Å². The van der Waals surface area contributed by atoms with Crippen molar-refractivity contribution < 1.29 is 19.0 Å². The smallest absolute Gasteiger partial charge is 0.254 e. The first-order chi connectivity index (χ1) is 19.3. The molecule has 1 aliphatic carbocycles. The number of ether oxygens (including phenoxy) is 1. The minimum Gasteiger partial charge on any atom is -0.482 e. The van der Waals surface area contributed by atoms with Crippen molar-refractivity contribution in [2.45, 2.75) is 63.7 Å². The van der Waals surface area contributed by atoms with E-state index in [1.54, 1.807) is 15.5 Å². The number of aromatic nitrogens is 5. The minimum atomic E-state index is -1.16. The molecule has 0 aromatic carbocycles. The molecule has 0 radical (unpaired) electrons. The van der Waals surface area contributed by atoms with Crippen LogP contribution in [0.1, 0.15) is 68.1 Å². The molecule has 6 rings (SSSR count). The van der Waals surface area contributed by atoms with Gasteiger partial charge in [-0.2, -0.15) is 15.5 Å². The van der Waals surface area contributed by atoms with Crippen LogP contribution in [0.4, 0.5) is 4.39 Å². The van der Waals surface area contributed by atoms with Gasteiger partial charge in [-0.15, -0.1) is 0 Å². The highest BCUT2D eigenvalue weighted by atomic mass is 19.1. The zero-order chi connectivity index (χ0) is 28.0. The fourth-order valence-corrected chi connectivity index (χ4v) is 5.69. The van der Waals surface area contributed by atoms with Crippen LogP contribution in [0.3, 0.4) is 0 Å². The molecular weight excluding hydrogens is 513 g/mol. The number of nitriles is 1. The monoisotopic (exact) mass is 543 g/mol. The highest BCUT2D eigenvalue weighted by Crippen LogP contribution is 2.37. The number of amides is 1. The summed E-state index contributed by atoms with van der Waals surface area (Å²) in [5, 5.41) is 29.2. The van der Waals surface area contributed by atoms with E-state index in [4.69, 9.17) is 9.84 Å². The van der Waals surface area contributed by atoms with Gasteiger partial charge in [0.15, 0.2) is 0 Å². The summed E-state index contributed by atoms with van der Waals surface area (Å²) in [6.07, 6.45) is 9.30. The second-order valence-corrected chi connectivity index (χ2v) is 10.7. The van der Waals surface area contributed by atoms with E-state index >= 15 is 0 Å². The Labute approximate surface area is 230 Å². The predicted molar refractivity (Wildman–Crippen MR) is 143 cm³/mol. The topological polar surface area (TPSA) is 122 Å². The van der Waals surface area contributed by atoms with Crippen LogP contribution in [0.25, 0.3) is 16.6 Å². The number of hydrogen-bond acceptors (Lipinski definition) is 7. The molecule has 1 amide bonds. The van der Waals surface area contributed by atoms with Crippen molar-refractivity contribution >= 4 is 11.4 Å². The number of nitrogens with zero attached hydrogens (tertiary/aromatic N) is 7. The van der Waals surface area contributed by atoms with E-state index in [1.807, 2.05) is 37.0 Å². The Hall–Kier alpha value is -4.30. The number of rotatable bonds is 6. The molecule has 1 N–H and O–H groups in total. The number of carbonyl (C=O) groups excluding carboxylic acids is 1. The standard InChI is InChI=1S/C29H30FN7O3/c1-18-24(16-34-37(18)23-6-10-35(11-7-23)28(38)29(39)8-3-9-29)20-12-26(27-21(13-31)14-33-36(27)17-20)40-19(2)25-5-4-22(30)15-32-25/h4-5,12,14-17,19,23,39H,3,6-11H2,1-2H3/t19-/m1/s1. The first-order valence-corrected chi connectivity index (χ1v) is 13.5. The number of halogens is 1. The summed E-state index contributed by atoms with van der Waals surface area (Å²) in [4.78, 5) is 18.7. The van der Waals surface area contributed by atoms with Crippen LogP contribution < -0.4 is 4.74 Å². The van der Waals surface area contributed by atoms with Crippen molar-refractivity contribution in [3.8, 4) is 22.9 Å². The first-order valence-electron chi connectivity index (χ1n) is 13.5. The van der Waals surface area contributed by atoms with Gasteiger partial charge in [0.05, 0.1) is 30.3 Å². The van der Waals surface area contributed by atoms with Gasteiger partial charge in [0.1, 0.15) is 40.4 Å². The van der Waals surface area contributed by atoms with Crippen molar-refractivity contribution in [3.05, 3.63) is 65.8 Å². The molecule has 2 fully saturated rings. The zero-order valence-electron chi connectivity index (χ0n) is 22.4. The molecule has 5 heterocycles. The minimum absolute atomic E-state index is 0.132. The van der Waals surface area contributed by atoms with Gasteiger partial charge in [0.2, 0.25) is 0 Å². The molecule has 40 heavy (non-hydrogen) atoms. The van der Waals surface area contributed by atoms with Gasteiger partial charge in [-0.05, 0) is 64.2 Å². The van der Waals surface area contributed by atoms with Gasteiger partial charge in [-0.3, -0.25) is 14.5 Å². The van der Waals surface area contributed by atoms with Gasteiger partial charge in [-0.25, -0.2) is 8.91 Å². The molecule has 206 valence electrons. The molecule has 4 aromatic heterocycles. The van der Waals surface area contributed by atoms with Crippen LogP contribution in [-0.4, -0.2) is 59.0 Å². The fourth-order valence-electron chi connectivity index (χ4n) is 5.69. The fraction of sp³-hybridized carbons (Fsp3) is 0.414. The van der Waals surface area contributed by atoms with Crippen LogP contribution in [0, 0.1) is 24.1 Å². The van der Waals surface area contributed by atoms with E-state index in [0.717, 1.165) is 42.3 Å². The molecule has 0 bridgehead atoms. The quantitative estimate of drug-likeness (QED) is 0.388. The molecule has 0 unspecified atom stereocenters. The maximum absolute atomic E-state index is 13.4. The molecule has 1 saturated carbocycles. The molecule has 2 aliphatic rings. The Morgan fingerprint density at radius 3 is 2.65 bits per heavy atom. The number of hydrogen-bond donors (Lipinski definition) is 1. The van der Waals surface area contributed by atoms with Gasteiger partial charge >= 0.3 is 0 Å². The second kappa shape index (κ2) is 10.0. The van der Waals surface area contributed by atoms with Crippen molar-refractivity contribution in [1.82, 2.24) is 29.3 Å². The molecular formula is C29H30FN7O3. The Morgan fingerprint density at radius 2 is 2.00 bits per heavy atom. The maximum Gasteiger partial charge on any atom is 0.254 e. The Bertz CT molecular complexity index is 1610. The lowest BCUT2D eigenvalue weighted by molar-refractivity contribution is -0.161. The highest BCUT2D eigenvalue weighted by Gasteiger charge is 2.45. The molecule has 1 aliphatic heterocycles. The van der Waals surface area contributed by atoms with Crippen LogP contribution in [0.15, 0.2) is 43.0 Å². The molecule has 0 spiro atoms. The summed E-state index contributed by atoms with van der Waals surface area (Å²) < 4.78 is 23.3. The summed E-state index contributed by atoms with van der Waals surface area (Å²) in [7, 11) is 0. The van der Waals surface area contributed by atoms with Gasteiger partial charge < -0.3 is 14.7 Å². The van der Waals surface area contributed by atoms with Gasteiger partial charge in [0.25, 0.3) is 5.91 Å². The number of piperidine rings is 1. The van der Waals surface area contributed by atoms with E-state index in [9.17, 15) is 19.6 Å². The Kier molecular flexibility index (Phi) is 6.50. The summed E-state index contributed by atoms with van der Waals surface area (Å²) in [6.45, 7) is 5.00. The van der Waals surface area contributed by atoms with E-state index in [0.29, 0.717) is 48.5 Å². The van der Waals surface area contributed by atoms with E-state index in [-0.39, 0.29) is 11.9 Å². The van der Waals surface area contributed by atoms with E-state index in [1.165, 1.54) is 12.3 Å². The van der Waals surface area contributed by atoms with Crippen LogP contribution in [0.5, 0.6) is 5.75 Å². The van der Waals surface area contributed by atoms with E-state index < -0.39 is 17.5 Å². The Balaban J connectivity index is 1.26. The summed E-state index contributed by atoms with van der Waals surface area (Å²) in [5.74, 6) is -0.113. The number of pyridine rings is 2. The highest BCUT2D eigenvalue weighted by molar-refractivity contribution is 5.86. The summed E-state index contributed by atoms with van der Waals surface area (Å²) in [6, 6.07) is 7.07. The molecule has 1 saturated heterocycles. The van der Waals surface area contributed by atoms with Crippen molar-refractivity contribution in [3.63, 3.8) is 0 Å². The number of aliphatic hydroxyl groups is 1. The largest absolute Gasteiger partial charge is 0.482 e. The van der Waals surface area contributed by atoms with E-state index in [2.05, 4.69) is 16.2 Å². The average molecular weight is 544 g/mol. The second-order valence-electron chi connectivity index (χ2n) is 10.7. The lowest BCUT2D eigenvalue weighted by Gasteiger charge is -2.41. The zero-order valence-corrected chi connectivity index (χ0v) is 22.4. The van der Waals surface area contributed by atoms with Crippen molar-refractivity contribution in [2.75, 3.05) is 13.1 Å². The van der Waals surface area contributed by atoms with Crippen molar-refractivity contribution in [2.24, 2.45) is 0 Å². The van der Waals surface area contributed by atoms with Gasteiger partial charge in [-0.1, -0.05) is 0 Å². The van der Waals surface area contributed by atoms with Crippen LogP contribution in [-0.2, 0) is 4.79 Å². The molecule has 10 nitrogen and oxygen atoms in total. The summed E-state index contributed by atoms with van der Waals surface area (Å²) in [5.41, 5.74) is 2.99. The van der Waals surface area contributed by atoms with Crippen molar-refractivity contribution in [1.29, 1.82) is 5.26 Å². The molecule has 11 heteroatoms. The normalized spacial score (nSPS) is 17.8. The molecule has 4 aromatic rings. The Morgan fingerprint density at radius 1 is 1.23 bits per heavy atom.